The molecule has 140 valence electrons. The number of hydrogen-bond donors (Lipinski definition) is 2. The first-order valence-electron chi connectivity index (χ1n) is 8.60. The lowest BCUT2D eigenvalue weighted by Gasteiger charge is -2.20. The summed E-state index contributed by atoms with van der Waals surface area (Å²) in [4.78, 5) is 0.131. The summed E-state index contributed by atoms with van der Waals surface area (Å²) in [7, 11) is -2.05. The summed E-state index contributed by atoms with van der Waals surface area (Å²) in [6, 6.07) is 12.6. The Morgan fingerprint density at radius 2 is 2.12 bits per heavy atom. The van der Waals surface area contributed by atoms with Gasteiger partial charge in [0.15, 0.2) is 0 Å². The number of nitrogens with two attached hydrogens (primary N) is 1. The van der Waals surface area contributed by atoms with Crippen molar-refractivity contribution in [1.29, 1.82) is 0 Å². The molecule has 1 aliphatic heterocycles. The van der Waals surface area contributed by atoms with Gasteiger partial charge >= 0.3 is 0 Å². The molecule has 3 N–H and O–H groups in total. The molecular formula is C19H24N2O4S. The van der Waals surface area contributed by atoms with Crippen molar-refractivity contribution >= 4 is 10.0 Å². The fourth-order valence-electron chi connectivity index (χ4n) is 3.22. The number of fused-ring (bicyclic) bond motifs is 1. The lowest BCUT2D eigenvalue weighted by molar-refractivity contribution is 0.220. The van der Waals surface area contributed by atoms with Crippen LogP contribution < -0.4 is 19.9 Å². The van der Waals surface area contributed by atoms with Gasteiger partial charge < -0.3 is 14.8 Å². The molecule has 2 aromatic rings. The van der Waals surface area contributed by atoms with Crippen LogP contribution in [0.25, 0.3) is 0 Å². The van der Waals surface area contributed by atoms with Crippen LogP contribution in [0.15, 0.2) is 47.4 Å². The fourth-order valence-corrected chi connectivity index (χ4v) is 3.79. The van der Waals surface area contributed by atoms with E-state index in [1.807, 2.05) is 24.3 Å². The lowest BCUT2D eigenvalue weighted by atomic mass is 10.0. The normalized spacial score (nSPS) is 17.4. The average molecular weight is 376 g/mol. The van der Waals surface area contributed by atoms with Crippen molar-refractivity contribution in [3.8, 4) is 11.5 Å². The van der Waals surface area contributed by atoms with Crippen molar-refractivity contribution in [2.24, 2.45) is 5.14 Å². The number of hydrogen-bond acceptors (Lipinski definition) is 5. The summed E-state index contributed by atoms with van der Waals surface area (Å²) < 4.78 is 34.4. The second kappa shape index (κ2) is 7.65. The van der Waals surface area contributed by atoms with Crippen LogP contribution in [-0.4, -0.2) is 28.2 Å². The molecule has 3 rings (SSSR count). The van der Waals surface area contributed by atoms with Gasteiger partial charge in [-0.05, 0) is 42.3 Å². The summed E-state index contributed by atoms with van der Waals surface area (Å²) in [5.74, 6) is 1.72. The first-order chi connectivity index (χ1) is 12.4. The maximum absolute atomic E-state index is 11.6. The molecule has 1 heterocycles. The van der Waals surface area contributed by atoms with Gasteiger partial charge in [0.1, 0.15) is 17.6 Å². The first-order valence-corrected chi connectivity index (χ1v) is 10.1. The van der Waals surface area contributed by atoms with E-state index in [0.717, 1.165) is 35.5 Å². The topological polar surface area (TPSA) is 90.7 Å². The summed E-state index contributed by atoms with van der Waals surface area (Å²) in [6.45, 7) is 2.71. The summed E-state index contributed by atoms with van der Waals surface area (Å²) in [6.07, 6.45) is 1.67. The number of nitrogens with one attached hydrogen (secondary N) is 1. The molecule has 0 bridgehead atoms. The van der Waals surface area contributed by atoms with E-state index in [9.17, 15) is 8.42 Å². The molecule has 0 aliphatic carbocycles. The van der Waals surface area contributed by atoms with E-state index in [2.05, 4.69) is 12.2 Å². The number of primary sulfonamides is 1. The Bertz CT molecular complexity index is 883. The standard InChI is InChI=1S/C19H24N2O4S/c1-3-18(13-5-4-6-17(11-13)26(20,22)23)21-12-16-10-14-9-15(24-2)7-8-19(14)25-16/h4-9,11,16,18,21H,3,10,12H2,1-2H3,(H2,20,22,23). The Morgan fingerprint density at radius 3 is 2.81 bits per heavy atom. The molecule has 0 saturated heterocycles. The van der Waals surface area contributed by atoms with Gasteiger partial charge in [-0.3, -0.25) is 0 Å². The molecule has 7 heteroatoms. The van der Waals surface area contributed by atoms with E-state index < -0.39 is 10.0 Å². The monoisotopic (exact) mass is 376 g/mol. The average Bonchev–Trinajstić information content (AvgIpc) is 3.03. The Morgan fingerprint density at radius 1 is 1.31 bits per heavy atom. The third-order valence-electron chi connectivity index (χ3n) is 4.60. The molecule has 0 aromatic heterocycles. The first kappa shape index (κ1) is 18.7. The van der Waals surface area contributed by atoms with E-state index in [4.69, 9.17) is 14.6 Å². The number of ether oxygens (including phenoxy) is 2. The third-order valence-corrected chi connectivity index (χ3v) is 5.51. The highest BCUT2D eigenvalue weighted by atomic mass is 32.2. The predicted octanol–water partition coefficient (Wildman–Crippen LogP) is 2.39. The van der Waals surface area contributed by atoms with Crippen LogP contribution in [-0.2, 0) is 16.4 Å². The van der Waals surface area contributed by atoms with Crippen molar-refractivity contribution in [2.75, 3.05) is 13.7 Å². The third kappa shape index (κ3) is 4.17. The van der Waals surface area contributed by atoms with Crippen LogP contribution in [0.3, 0.4) is 0 Å². The highest BCUT2D eigenvalue weighted by Gasteiger charge is 2.24. The van der Waals surface area contributed by atoms with Crippen LogP contribution in [0.2, 0.25) is 0 Å². The second-order valence-electron chi connectivity index (χ2n) is 6.40. The van der Waals surface area contributed by atoms with Gasteiger partial charge in [0.25, 0.3) is 0 Å². The molecule has 0 saturated carbocycles. The minimum atomic E-state index is -3.70. The highest BCUT2D eigenvalue weighted by molar-refractivity contribution is 7.89. The minimum Gasteiger partial charge on any atom is -0.497 e. The van der Waals surface area contributed by atoms with Gasteiger partial charge in [0.05, 0.1) is 12.0 Å². The molecule has 1 aliphatic rings. The number of benzene rings is 2. The Balaban J connectivity index is 1.65. The zero-order valence-electron chi connectivity index (χ0n) is 14.9. The predicted molar refractivity (Wildman–Crippen MR) is 100.0 cm³/mol. The maximum atomic E-state index is 11.6. The van der Waals surface area contributed by atoms with Crippen LogP contribution in [0, 0.1) is 0 Å². The van der Waals surface area contributed by atoms with Gasteiger partial charge in [-0.1, -0.05) is 19.1 Å². The fraction of sp³-hybridized carbons (Fsp3) is 0.368. The van der Waals surface area contributed by atoms with E-state index in [0.29, 0.717) is 6.54 Å². The quantitative estimate of drug-likeness (QED) is 0.774. The zero-order valence-corrected chi connectivity index (χ0v) is 15.8. The van der Waals surface area contributed by atoms with Crippen LogP contribution in [0.1, 0.15) is 30.5 Å². The maximum Gasteiger partial charge on any atom is 0.238 e. The number of methoxy groups -OCH3 is 1. The summed E-state index contributed by atoms with van der Waals surface area (Å²) in [5, 5.41) is 8.71. The van der Waals surface area contributed by atoms with Gasteiger partial charge in [-0.15, -0.1) is 0 Å². The van der Waals surface area contributed by atoms with Gasteiger partial charge in [-0.25, -0.2) is 13.6 Å². The van der Waals surface area contributed by atoms with Gasteiger partial charge in [0, 0.05) is 24.6 Å². The van der Waals surface area contributed by atoms with E-state index in [-0.39, 0.29) is 17.0 Å². The Labute approximate surface area is 154 Å². The van der Waals surface area contributed by atoms with Gasteiger partial charge in [0.2, 0.25) is 10.0 Å². The van der Waals surface area contributed by atoms with Crippen molar-refractivity contribution in [3.05, 3.63) is 53.6 Å². The van der Waals surface area contributed by atoms with Crippen LogP contribution in [0.5, 0.6) is 11.5 Å². The highest BCUT2D eigenvalue weighted by Crippen LogP contribution is 2.32. The molecule has 26 heavy (non-hydrogen) atoms. The number of sulfonamides is 1. The molecule has 0 spiro atoms. The SMILES string of the molecule is CCC(NCC1Cc2cc(OC)ccc2O1)c1cccc(S(N)(=O)=O)c1. The largest absolute Gasteiger partial charge is 0.497 e. The minimum absolute atomic E-state index is 0.0264. The van der Waals surface area contributed by atoms with Gasteiger partial charge in [-0.2, -0.15) is 0 Å². The van der Waals surface area contributed by atoms with E-state index in [1.165, 1.54) is 6.07 Å². The molecule has 6 nitrogen and oxygen atoms in total. The van der Waals surface area contributed by atoms with Crippen molar-refractivity contribution in [3.63, 3.8) is 0 Å². The summed E-state index contributed by atoms with van der Waals surface area (Å²) >= 11 is 0. The molecule has 0 radical (unpaired) electrons. The van der Waals surface area contributed by atoms with Crippen molar-refractivity contribution in [1.82, 2.24) is 5.32 Å². The molecule has 0 amide bonds. The molecule has 2 unspecified atom stereocenters. The zero-order chi connectivity index (χ0) is 18.7. The lowest BCUT2D eigenvalue weighted by Crippen LogP contribution is -2.32. The smallest absolute Gasteiger partial charge is 0.238 e. The Kier molecular flexibility index (Phi) is 5.50. The van der Waals surface area contributed by atoms with Crippen LogP contribution >= 0.6 is 0 Å². The molecule has 2 aromatic carbocycles. The van der Waals surface area contributed by atoms with Crippen molar-refractivity contribution in [2.45, 2.75) is 36.8 Å². The number of rotatable bonds is 7. The molecular weight excluding hydrogens is 352 g/mol. The van der Waals surface area contributed by atoms with E-state index in [1.54, 1.807) is 19.2 Å². The Hall–Kier alpha value is -2.09. The summed E-state index contributed by atoms with van der Waals surface area (Å²) in [5.41, 5.74) is 2.04. The van der Waals surface area contributed by atoms with E-state index >= 15 is 0 Å². The molecule has 0 fully saturated rings. The second-order valence-corrected chi connectivity index (χ2v) is 7.97. The van der Waals surface area contributed by atoms with Crippen LogP contribution in [0.4, 0.5) is 0 Å². The van der Waals surface area contributed by atoms with Crippen molar-refractivity contribution < 1.29 is 17.9 Å². The molecule has 2 atom stereocenters.